The first-order valence-corrected chi connectivity index (χ1v) is 11.7. The van der Waals surface area contributed by atoms with Crippen molar-refractivity contribution in [3.05, 3.63) is 80.7 Å². The highest BCUT2D eigenvalue weighted by molar-refractivity contribution is 7.99. The number of rotatable bonds is 3. The number of benzene rings is 1. The quantitative estimate of drug-likeness (QED) is 0.664. The lowest BCUT2D eigenvalue weighted by molar-refractivity contribution is -0.138. The van der Waals surface area contributed by atoms with E-state index in [1.165, 1.54) is 40.9 Å². The van der Waals surface area contributed by atoms with Crippen molar-refractivity contribution in [1.82, 2.24) is 9.88 Å². The van der Waals surface area contributed by atoms with E-state index < -0.39 is 23.6 Å². The Morgan fingerprint density at radius 2 is 1.97 bits per heavy atom. The molecule has 1 unspecified atom stereocenters. The fourth-order valence-corrected chi connectivity index (χ4v) is 5.43. The largest absolute Gasteiger partial charge is 0.463 e. The van der Waals surface area contributed by atoms with Gasteiger partial charge in [-0.1, -0.05) is 23.9 Å². The molecule has 0 bridgehead atoms. The summed E-state index contributed by atoms with van der Waals surface area (Å²) in [5, 5.41) is 10.6. The zero-order valence-corrected chi connectivity index (χ0v) is 20.0. The zero-order valence-electron chi connectivity index (χ0n) is 19.2. The van der Waals surface area contributed by atoms with E-state index in [4.69, 9.17) is 10.5 Å². The lowest BCUT2D eigenvalue weighted by atomic mass is 9.81. The summed E-state index contributed by atoms with van der Waals surface area (Å²) < 4.78 is 19.0. The Balaban J connectivity index is 2.01. The molecule has 1 aromatic heterocycles. The third kappa shape index (κ3) is 3.64. The predicted molar refractivity (Wildman–Crippen MR) is 125 cm³/mol. The maximum atomic E-state index is 13.9. The van der Waals surface area contributed by atoms with Crippen LogP contribution in [0.5, 0.6) is 0 Å². The number of hydrogen-bond acceptors (Lipinski definition) is 7. The Bertz CT molecular complexity index is 1330. The Morgan fingerprint density at radius 1 is 1.29 bits per heavy atom. The number of amides is 1. The first-order chi connectivity index (χ1) is 16.2. The van der Waals surface area contributed by atoms with E-state index in [9.17, 15) is 19.2 Å². The molecule has 3 heterocycles. The van der Waals surface area contributed by atoms with Crippen molar-refractivity contribution in [3.8, 4) is 6.07 Å². The lowest BCUT2D eigenvalue weighted by Gasteiger charge is -2.35. The van der Waals surface area contributed by atoms with Gasteiger partial charge in [0.2, 0.25) is 0 Å². The van der Waals surface area contributed by atoms with Gasteiger partial charge in [0.15, 0.2) is 0 Å². The van der Waals surface area contributed by atoms with Crippen LogP contribution in [0.15, 0.2) is 52.0 Å². The van der Waals surface area contributed by atoms with Crippen LogP contribution in [-0.2, 0) is 9.53 Å². The van der Waals surface area contributed by atoms with Crippen molar-refractivity contribution in [1.29, 1.82) is 5.26 Å². The molecule has 1 atom stereocenters. The number of aryl methyl sites for hydroxylation is 1. The number of aromatic nitrogens is 1. The fourth-order valence-electron chi connectivity index (χ4n) is 4.29. The smallest absolute Gasteiger partial charge is 0.336 e. The Morgan fingerprint density at radius 3 is 2.59 bits per heavy atom. The first-order valence-electron chi connectivity index (χ1n) is 10.7. The van der Waals surface area contributed by atoms with Crippen molar-refractivity contribution in [2.45, 2.75) is 38.6 Å². The molecule has 2 aliphatic rings. The van der Waals surface area contributed by atoms with Crippen LogP contribution in [0.4, 0.5) is 4.39 Å². The summed E-state index contributed by atoms with van der Waals surface area (Å²) in [7, 11) is 0. The number of hydrogen-bond donors (Lipinski definition) is 1. The number of carbonyl (C=O) groups excluding carboxylic acids is 2. The second-order valence-electron chi connectivity index (χ2n) is 8.03. The number of nitrogens with two attached hydrogens (primary N) is 1. The Hall–Kier alpha value is -3.64. The summed E-state index contributed by atoms with van der Waals surface area (Å²) in [5.41, 5.74) is 10.3. The number of allylic oxidation sites excluding steroid dienone is 1. The summed E-state index contributed by atoms with van der Waals surface area (Å²) in [6.45, 7) is 7.39. The highest BCUT2D eigenvalue weighted by atomic mass is 32.2. The second-order valence-corrected chi connectivity index (χ2v) is 9.00. The number of halogens is 1. The van der Waals surface area contributed by atoms with Crippen molar-refractivity contribution in [2.75, 3.05) is 12.4 Å². The highest BCUT2D eigenvalue weighted by Crippen LogP contribution is 2.45. The Labute approximate surface area is 201 Å². The van der Waals surface area contributed by atoms with Gasteiger partial charge in [-0.3, -0.25) is 9.69 Å². The number of ether oxygens (including phenoxy) is 1. The van der Waals surface area contributed by atoms with Crippen LogP contribution in [0.1, 0.15) is 45.6 Å². The fraction of sp³-hybridized carbons (Fsp3) is 0.280. The predicted octanol–water partition coefficient (Wildman–Crippen LogP) is 4.00. The van der Waals surface area contributed by atoms with Crippen molar-refractivity contribution in [2.24, 2.45) is 5.73 Å². The molecule has 7 nitrogen and oxygen atoms in total. The number of nitrogens with zero attached hydrogens (tertiary/aromatic N) is 3. The van der Waals surface area contributed by atoms with Gasteiger partial charge in [0, 0.05) is 17.1 Å². The van der Waals surface area contributed by atoms with E-state index in [1.807, 2.05) is 20.8 Å². The van der Waals surface area contributed by atoms with Gasteiger partial charge < -0.3 is 10.5 Å². The summed E-state index contributed by atoms with van der Waals surface area (Å²) in [6.07, 6.45) is 0. The van der Waals surface area contributed by atoms with Crippen LogP contribution >= 0.6 is 11.8 Å². The topological polar surface area (TPSA) is 109 Å². The third-order valence-electron chi connectivity index (χ3n) is 6.22. The SMILES string of the molecule is CCOC(=O)C1=C2CSc3nc(C)c(C)c(C)c3C(=O)N2C(N)=C(C#N)C1c1ccc(F)cc1. The monoisotopic (exact) mass is 478 g/mol. The highest BCUT2D eigenvalue weighted by Gasteiger charge is 2.44. The van der Waals surface area contributed by atoms with Gasteiger partial charge in [-0.15, -0.1) is 0 Å². The van der Waals surface area contributed by atoms with E-state index >= 15 is 0 Å². The molecule has 1 aromatic carbocycles. The molecular weight excluding hydrogens is 455 g/mol. The molecule has 0 spiro atoms. The van der Waals surface area contributed by atoms with Crippen LogP contribution in [0.3, 0.4) is 0 Å². The van der Waals surface area contributed by atoms with Gasteiger partial charge in [0.05, 0.1) is 35.3 Å². The molecule has 0 fully saturated rings. The number of nitriles is 1. The average Bonchev–Trinajstić information content (AvgIpc) is 2.94. The average molecular weight is 479 g/mol. The Kier molecular flexibility index (Phi) is 6.19. The van der Waals surface area contributed by atoms with Crippen molar-refractivity contribution < 1.29 is 18.7 Å². The van der Waals surface area contributed by atoms with E-state index in [1.54, 1.807) is 6.92 Å². The normalized spacial score (nSPS) is 17.7. The molecule has 2 aromatic rings. The number of carbonyl (C=O) groups is 2. The molecule has 9 heteroatoms. The first kappa shape index (κ1) is 23.5. The number of pyridine rings is 1. The molecule has 4 rings (SSSR count). The maximum Gasteiger partial charge on any atom is 0.336 e. The summed E-state index contributed by atoms with van der Waals surface area (Å²) in [4.78, 5) is 33.0. The molecular formula is C25H23FN4O3S. The standard InChI is InChI=1S/C25H23FN4O3S/c1-5-33-25(32)21-18-11-34-23-19(13(3)12(2)14(4)29-23)24(31)30(18)22(28)17(10-27)20(21)15-6-8-16(26)9-7-15/h6-9,20H,5,11,28H2,1-4H3. The maximum absolute atomic E-state index is 13.9. The van der Waals surface area contributed by atoms with Gasteiger partial charge in [-0.05, 0) is 56.5 Å². The molecule has 2 aliphatic heterocycles. The van der Waals surface area contributed by atoms with Gasteiger partial charge >= 0.3 is 5.97 Å². The van der Waals surface area contributed by atoms with Crippen LogP contribution in [-0.4, -0.2) is 34.1 Å². The molecule has 174 valence electrons. The van der Waals surface area contributed by atoms with Crippen molar-refractivity contribution >= 4 is 23.6 Å². The van der Waals surface area contributed by atoms with E-state index in [2.05, 4.69) is 11.1 Å². The number of fused-ring (bicyclic) bond motifs is 2. The number of thioether (sulfide) groups is 1. The summed E-state index contributed by atoms with van der Waals surface area (Å²) >= 11 is 1.33. The van der Waals surface area contributed by atoms with Crippen LogP contribution in [0.25, 0.3) is 0 Å². The molecule has 0 saturated heterocycles. The van der Waals surface area contributed by atoms with E-state index in [0.29, 0.717) is 21.8 Å². The molecule has 0 radical (unpaired) electrons. The molecule has 34 heavy (non-hydrogen) atoms. The van der Waals surface area contributed by atoms with Crippen LogP contribution in [0, 0.1) is 37.9 Å². The van der Waals surface area contributed by atoms with Gasteiger partial charge in [-0.2, -0.15) is 5.26 Å². The minimum absolute atomic E-state index is 0.0228. The second kappa shape index (κ2) is 8.95. The van der Waals surface area contributed by atoms with Crippen molar-refractivity contribution in [3.63, 3.8) is 0 Å². The van der Waals surface area contributed by atoms with E-state index in [-0.39, 0.29) is 29.3 Å². The molecule has 1 amide bonds. The molecule has 0 aliphatic carbocycles. The van der Waals surface area contributed by atoms with Crippen LogP contribution < -0.4 is 5.73 Å². The van der Waals surface area contributed by atoms with Gasteiger partial charge in [-0.25, -0.2) is 14.2 Å². The van der Waals surface area contributed by atoms with Crippen LogP contribution in [0.2, 0.25) is 0 Å². The molecule has 2 N–H and O–H groups in total. The van der Waals surface area contributed by atoms with Gasteiger partial charge in [0.1, 0.15) is 16.7 Å². The van der Waals surface area contributed by atoms with Gasteiger partial charge in [0.25, 0.3) is 5.91 Å². The lowest BCUT2D eigenvalue weighted by Crippen LogP contribution is -2.41. The third-order valence-corrected chi connectivity index (χ3v) is 7.21. The zero-order chi connectivity index (χ0) is 24.7. The summed E-state index contributed by atoms with van der Waals surface area (Å²) in [6, 6.07) is 7.58. The summed E-state index contributed by atoms with van der Waals surface area (Å²) in [5.74, 6) is -2.32. The number of esters is 1. The minimum atomic E-state index is -0.900. The molecule has 0 saturated carbocycles. The minimum Gasteiger partial charge on any atom is -0.463 e. The van der Waals surface area contributed by atoms with E-state index in [0.717, 1.165) is 16.8 Å².